The highest BCUT2D eigenvalue weighted by molar-refractivity contribution is 6.35. The number of benzene rings is 1. The average Bonchev–Trinajstić information content (AvgIpc) is 2.23. The van der Waals surface area contributed by atoms with Gasteiger partial charge >= 0.3 is 0 Å². The monoisotopic (exact) mass is 289 g/mol. The number of carbonyl (C=O) groups is 1. The number of aliphatic hydroxyl groups excluding tert-OH is 1. The van der Waals surface area contributed by atoms with Crippen molar-refractivity contribution in [2.24, 2.45) is 0 Å². The lowest BCUT2D eigenvalue weighted by Gasteiger charge is -2.28. The van der Waals surface area contributed by atoms with E-state index in [9.17, 15) is 9.90 Å². The van der Waals surface area contributed by atoms with Crippen LogP contribution in [-0.4, -0.2) is 34.6 Å². The summed E-state index contributed by atoms with van der Waals surface area (Å²) in [5.41, 5.74) is 0.432. The fourth-order valence-corrected chi connectivity index (χ4v) is 2.18. The fourth-order valence-electron chi connectivity index (χ4n) is 1.66. The number of halogens is 2. The van der Waals surface area contributed by atoms with Crippen molar-refractivity contribution in [3.8, 4) is 0 Å². The SMILES string of the molecule is CC(O)CN(C(=O)c1cc(Cl)cc(Cl)c1)C(C)C. The molecule has 3 nitrogen and oxygen atoms in total. The van der Waals surface area contributed by atoms with Crippen molar-refractivity contribution in [1.82, 2.24) is 4.90 Å². The van der Waals surface area contributed by atoms with Crippen LogP contribution in [0.25, 0.3) is 0 Å². The summed E-state index contributed by atoms with van der Waals surface area (Å²) in [4.78, 5) is 13.9. The van der Waals surface area contributed by atoms with Gasteiger partial charge in [0.25, 0.3) is 5.91 Å². The lowest BCUT2D eigenvalue weighted by Crippen LogP contribution is -2.41. The summed E-state index contributed by atoms with van der Waals surface area (Å²) in [6, 6.07) is 4.72. The van der Waals surface area contributed by atoms with Gasteiger partial charge in [-0.3, -0.25) is 4.79 Å². The molecule has 1 aromatic carbocycles. The molecule has 0 aliphatic rings. The van der Waals surface area contributed by atoms with E-state index in [1.54, 1.807) is 30.0 Å². The Kier molecular flexibility index (Phi) is 5.45. The maximum atomic E-state index is 12.3. The minimum Gasteiger partial charge on any atom is -0.392 e. The molecule has 1 rings (SSSR count). The molecule has 0 aliphatic carbocycles. The van der Waals surface area contributed by atoms with Crippen LogP contribution >= 0.6 is 23.2 Å². The summed E-state index contributed by atoms with van der Waals surface area (Å²) < 4.78 is 0. The third-order valence-corrected chi connectivity index (χ3v) is 2.89. The van der Waals surface area contributed by atoms with Gasteiger partial charge in [-0.15, -0.1) is 0 Å². The second kappa shape index (κ2) is 6.41. The van der Waals surface area contributed by atoms with Gasteiger partial charge in [-0.25, -0.2) is 0 Å². The van der Waals surface area contributed by atoms with Crippen molar-refractivity contribution in [2.75, 3.05) is 6.54 Å². The first-order valence-corrected chi connectivity index (χ1v) is 6.52. The first kappa shape index (κ1) is 15.3. The number of hydrogen-bond donors (Lipinski definition) is 1. The van der Waals surface area contributed by atoms with Crippen LogP contribution in [0.5, 0.6) is 0 Å². The van der Waals surface area contributed by atoms with Gasteiger partial charge in [0.2, 0.25) is 0 Å². The van der Waals surface area contributed by atoms with E-state index in [-0.39, 0.29) is 18.5 Å². The molecule has 100 valence electrons. The Morgan fingerprint density at radius 2 is 1.72 bits per heavy atom. The number of carbonyl (C=O) groups excluding carboxylic acids is 1. The molecule has 0 aliphatic heterocycles. The van der Waals surface area contributed by atoms with Crippen LogP contribution in [0.15, 0.2) is 18.2 Å². The molecule has 0 fully saturated rings. The van der Waals surface area contributed by atoms with Crippen molar-refractivity contribution in [3.63, 3.8) is 0 Å². The van der Waals surface area contributed by atoms with E-state index in [2.05, 4.69) is 0 Å². The summed E-state index contributed by atoms with van der Waals surface area (Å²) in [5.74, 6) is -0.185. The number of aliphatic hydroxyl groups is 1. The standard InChI is InChI=1S/C13H17Cl2NO2/c1-8(2)16(7-9(3)17)13(18)10-4-11(14)6-12(15)5-10/h4-6,8-9,17H,7H2,1-3H3. The smallest absolute Gasteiger partial charge is 0.254 e. The zero-order valence-electron chi connectivity index (χ0n) is 10.7. The maximum Gasteiger partial charge on any atom is 0.254 e. The summed E-state index contributed by atoms with van der Waals surface area (Å²) >= 11 is 11.8. The Hall–Kier alpha value is -0.770. The third-order valence-electron chi connectivity index (χ3n) is 2.45. The zero-order chi connectivity index (χ0) is 13.9. The van der Waals surface area contributed by atoms with Crippen molar-refractivity contribution in [1.29, 1.82) is 0 Å². The van der Waals surface area contributed by atoms with E-state index >= 15 is 0 Å². The topological polar surface area (TPSA) is 40.5 Å². The van der Waals surface area contributed by atoms with Gasteiger partial charge in [0.15, 0.2) is 0 Å². The Labute approximate surface area is 117 Å². The van der Waals surface area contributed by atoms with E-state index in [1.807, 2.05) is 13.8 Å². The lowest BCUT2D eigenvalue weighted by atomic mass is 10.1. The third kappa shape index (κ3) is 4.16. The second-order valence-electron chi connectivity index (χ2n) is 4.56. The molecule has 1 atom stereocenters. The highest BCUT2D eigenvalue weighted by Crippen LogP contribution is 2.21. The molecule has 5 heteroatoms. The van der Waals surface area contributed by atoms with Crippen LogP contribution in [0.1, 0.15) is 31.1 Å². The molecule has 0 aromatic heterocycles. The minimum absolute atomic E-state index is 0.00939. The van der Waals surface area contributed by atoms with Crippen LogP contribution in [0.4, 0.5) is 0 Å². The fraction of sp³-hybridized carbons (Fsp3) is 0.462. The first-order chi connectivity index (χ1) is 8.31. The molecular weight excluding hydrogens is 273 g/mol. The molecule has 1 aromatic rings. The molecule has 0 saturated carbocycles. The molecule has 0 saturated heterocycles. The van der Waals surface area contributed by atoms with Gasteiger partial charge < -0.3 is 10.0 Å². The van der Waals surface area contributed by atoms with Gasteiger partial charge in [0.1, 0.15) is 0 Å². The van der Waals surface area contributed by atoms with Gasteiger partial charge in [-0.2, -0.15) is 0 Å². The maximum absolute atomic E-state index is 12.3. The molecular formula is C13H17Cl2NO2. The van der Waals surface area contributed by atoms with Crippen LogP contribution in [0, 0.1) is 0 Å². The molecule has 0 heterocycles. The highest BCUT2D eigenvalue weighted by Gasteiger charge is 2.20. The van der Waals surface area contributed by atoms with E-state index in [4.69, 9.17) is 23.2 Å². The van der Waals surface area contributed by atoms with Gasteiger partial charge in [-0.1, -0.05) is 23.2 Å². The molecule has 18 heavy (non-hydrogen) atoms. The molecule has 1 unspecified atom stereocenters. The van der Waals surface area contributed by atoms with Gasteiger partial charge in [-0.05, 0) is 39.0 Å². The molecule has 0 spiro atoms. The number of amides is 1. The van der Waals surface area contributed by atoms with Crippen molar-refractivity contribution in [3.05, 3.63) is 33.8 Å². The first-order valence-electron chi connectivity index (χ1n) is 5.76. The second-order valence-corrected chi connectivity index (χ2v) is 5.43. The van der Waals surface area contributed by atoms with E-state index in [0.29, 0.717) is 15.6 Å². The summed E-state index contributed by atoms with van der Waals surface area (Å²) in [6.07, 6.45) is -0.578. The van der Waals surface area contributed by atoms with Crippen molar-refractivity contribution < 1.29 is 9.90 Å². The normalized spacial score (nSPS) is 12.6. The van der Waals surface area contributed by atoms with Crippen molar-refractivity contribution in [2.45, 2.75) is 32.9 Å². The van der Waals surface area contributed by atoms with Crippen LogP contribution < -0.4 is 0 Å². The number of rotatable bonds is 4. The Balaban J connectivity index is 3.01. The van der Waals surface area contributed by atoms with Crippen LogP contribution in [-0.2, 0) is 0 Å². The lowest BCUT2D eigenvalue weighted by molar-refractivity contribution is 0.0579. The molecule has 1 N–H and O–H groups in total. The summed E-state index contributed by atoms with van der Waals surface area (Å²) in [5, 5.41) is 10.3. The summed E-state index contributed by atoms with van der Waals surface area (Å²) in [7, 11) is 0. The number of hydrogen-bond acceptors (Lipinski definition) is 2. The van der Waals surface area contributed by atoms with Crippen molar-refractivity contribution >= 4 is 29.1 Å². The molecule has 0 bridgehead atoms. The molecule has 0 radical (unpaired) electrons. The van der Waals surface area contributed by atoms with Gasteiger partial charge in [0, 0.05) is 28.2 Å². The van der Waals surface area contributed by atoms with Crippen LogP contribution in [0.2, 0.25) is 10.0 Å². The van der Waals surface area contributed by atoms with E-state index in [1.165, 1.54) is 0 Å². The highest BCUT2D eigenvalue weighted by atomic mass is 35.5. The van der Waals surface area contributed by atoms with E-state index < -0.39 is 6.10 Å². The van der Waals surface area contributed by atoms with Gasteiger partial charge in [0.05, 0.1) is 6.10 Å². The predicted octanol–water partition coefficient (Wildman–Crippen LogP) is 3.22. The zero-order valence-corrected chi connectivity index (χ0v) is 12.2. The number of nitrogens with zero attached hydrogens (tertiary/aromatic N) is 1. The summed E-state index contributed by atoms with van der Waals surface area (Å²) in [6.45, 7) is 5.72. The Morgan fingerprint density at radius 1 is 1.22 bits per heavy atom. The molecule has 1 amide bonds. The van der Waals surface area contributed by atoms with E-state index in [0.717, 1.165) is 0 Å². The minimum atomic E-state index is -0.578. The average molecular weight is 290 g/mol. The predicted molar refractivity (Wildman–Crippen MR) is 74.3 cm³/mol. The van der Waals surface area contributed by atoms with Crippen LogP contribution in [0.3, 0.4) is 0 Å². The Morgan fingerprint density at radius 3 is 2.11 bits per heavy atom. The largest absolute Gasteiger partial charge is 0.392 e. The quantitative estimate of drug-likeness (QED) is 0.925. The Bertz CT molecular complexity index is 413.